The Bertz CT molecular complexity index is 1020. The molecule has 0 radical (unpaired) electrons. The summed E-state index contributed by atoms with van der Waals surface area (Å²) in [6, 6.07) is 11.6. The molecule has 0 saturated heterocycles. The number of ether oxygens (including phenoxy) is 2. The van der Waals surface area contributed by atoms with Crippen molar-refractivity contribution in [1.82, 2.24) is 9.97 Å². The second-order valence-corrected chi connectivity index (χ2v) is 7.02. The first kappa shape index (κ1) is 18.3. The van der Waals surface area contributed by atoms with Crippen LogP contribution in [0.1, 0.15) is 17.2 Å². The first-order valence-electron chi connectivity index (χ1n) is 9.14. The van der Waals surface area contributed by atoms with Crippen LogP contribution in [0.25, 0.3) is 10.9 Å². The van der Waals surface area contributed by atoms with Crippen LogP contribution in [-0.4, -0.2) is 49.9 Å². The van der Waals surface area contributed by atoms with Gasteiger partial charge in [-0.05, 0) is 24.3 Å². The summed E-state index contributed by atoms with van der Waals surface area (Å²) >= 11 is 0. The van der Waals surface area contributed by atoms with Gasteiger partial charge in [0.25, 0.3) is 0 Å². The number of hydrogen-bond acceptors (Lipinski definition) is 7. The number of aliphatic hydroxyl groups is 1. The molecule has 7 nitrogen and oxygen atoms in total. The third-order valence-electron chi connectivity index (χ3n) is 5.07. The van der Waals surface area contributed by atoms with E-state index in [1.807, 2.05) is 60.3 Å². The van der Waals surface area contributed by atoms with Crippen LogP contribution in [0.2, 0.25) is 0 Å². The van der Waals surface area contributed by atoms with Gasteiger partial charge in [0.15, 0.2) is 0 Å². The van der Waals surface area contributed by atoms with Crippen molar-refractivity contribution in [2.45, 2.75) is 12.6 Å². The molecule has 0 aliphatic carbocycles. The molecule has 146 valence electrons. The Labute approximate surface area is 164 Å². The predicted molar refractivity (Wildman–Crippen MR) is 109 cm³/mol. The van der Waals surface area contributed by atoms with Gasteiger partial charge in [-0.2, -0.15) is 4.98 Å². The van der Waals surface area contributed by atoms with E-state index in [1.165, 1.54) is 0 Å². The number of para-hydroxylation sites is 1. The average molecular weight is 380 g/mol. The van der Waals surface area contributed by atoms with Crippen molar-refractivity contribution < 1.29 is 14.6 Å². The van der Waals surface area contributed by atoms with E-state index in [1.54, 1.807) is 14.2 Å². The van der Waals surface area contributed by atoms with Crippen LogP contribution in [-0.2, 0) is 6.54 Å². The van der Waals surface area contributed by atoms with E-state index < -0.39 is 6.10 Å². The molecule has 2 aromatic carbocycles. The van der Waals surface area contributed by atoms with Crippen LogP contribution >= 0.6 is 0 Å². The molecular weight excluding hydrogens is 356 g/mol. The van der Waals surface area contributed by atoms with Crippen LogP contribution in [0.5, 0.6) is 11.5 Å². The quantitative estimate of drug-likeness (QED) is 0.746. The monoisotopic (exact) mass is 380 g/mol. The van der Waals surface area contributed by atoms with Gasteiger partial charge in [0, 0.05) is 30.6 Å². The molecule has 0 amide bonds. The van der Waals surface area contributed by atoms with Crippen molar-refractivity contribution in [1.29, 1.82) is 0 Å². The van der Waals surface area contributed by atoms with Crippen LogP contribution in [0.3, 0.4) is 0 Å². The number of fused-ring (bicyclic) bond motifs is 2. The number of anilines is 2. The number of methoxy groups -OCH3 is 2. The van der Waals surface area contributed by atoms with Crippen molar-refractivity contribution in [3.05, 3.63) is 47.5 Å². The number of nitrogens with zero attached hydrogens (tertiary/aromatic N) is 4. The summed E-state index contributed by atoms with van der Waals surface area (Å²) in [5.74, 6) is 2.81. The molecule has 1 aliphatic rings. The predicted octanol–water partition coefficient (Wildman–Crippen LogP) is 2.77. The topological polar surface area (TPSA) is 71.0 Å². The summed E-state index contributed by atoms with van der Waals surface area (Å²) in [4.78, 5) is 13.5. The molecule has 1 unspecified atom stereocenters. The summed E-state index contributed by atoms with van der Waals surface area (Å²) in [7, 11) is 7.17. The summed E-state index contributed by atoms with van der Waals surface area (Å²) in [6.45, 7) is 0.902. The molecule has 3 aromatic rings. The molecule has 0 spiro atoms. The highest BCUT2D eigenvalue weighted by atomic mass is 16.5. The Morgan fingerprint density at radius 3 is 2.46 bits per heavy atom. The summed E-state index contributed by atoms with van der Waals surface area (Å²) in [5.41, 5.74) is 2.53. The lowest BCUT2D eigenvalue weighted by Gasteiger charge is -2.34. The molecule has 7 heteroatoms. The fraction of sp³-hybridized carbons (Fsp3) is 0.333. The van der Waals surface area contributed by atoms with Crippen LogP contribution in [0.4, 0.5) is 11.8 Å². The van der Waals surface area contributed by atoms with E-state index in [4.69, 9.17) is 19.4 Å². The fourth-order valence-electron chi connectivity index (χ4n) is 3.76. The maximum Gasteiger partial charge on any atom is 0.228 e. The Balaban J connectivity index is 1.82. The number of benzene rings is 2. The van der Waals surface area contributed by atoms with Gasteiger partial charge < -0.3 is 24.4 Å². The van der Waals surface area contributed by atoms with Gasteiger partial charge in [0.05, 0.1) is 32.8 Å². The minimum atomic E-state index is -0.730. The molecule has 1 aromatic heterocycles. The Hall–Kier alpha value is -3.06. The highest BCUT2D eigenvalue weighted by Crippen LogP contribution is 2.40. The lowest BCUT2D eigenvalue weighted by molar-refractivity contribution is 0.169. The first-order valence-corrected chi connectivity index (χ1v) is 9.14. The highest BCUT2D eigenvalue weighted by Gasteiger charge is 2.31. The SMILES string of the molecule is COc1ccc(OC)c2c1CN(c1nc(N(C)C)c3ccccc3n1)CC2O. The van der Waals surface area contributed by atoms with Crippen molar-refractivity contribution in [2.24, 2.45) is 0 Å². The largest absolute Gasteiger partial charge is 0.496 e. The molecule has 0 bridgehead atoms. The lowest BCUT2D eigenvalue weighted by Crippen LogP contribution is -2.35. The first-order chi connectivity index (χ1) is 13.5. The summed E-state index contributed by atoms with van der Waals surface area (Å²) < 4.78 is 11.0. The van der Waals surface area contributed by atoms with Crippen molar-refractivity contribution in [3.63, 3.8) is 0 Å². The molecule has 1 aliphatic heterocycles. The van der Waals surface area contributed by atoms with Crippen LogP contribution < -0.4 is 19.3 Å². The number of aromatic nitrogens is 2. The third kappa shape index (κ3) is 2.97. The second kappa shape index (κ2) is 7.16. The van der Waals surface area contributed by atoms with Gasteiger partial charge in [-0.1, -0.05) is 12.1 Å². The maximum absolute atomic E-state index is 10.9. The van der Waals surface area contributed by atoms with E-state index in [9.17, 15) is 5.11 Å². The molecule has 0 fully saturated rings. The number of β-amino-alcohol motifs (C(OH)–C–C–N with tert-alkyl or cyclic N) is 1. The summed E-state index contributed by atoms with van der Waals surface area (Å²) in [6.07, 6.45) is -0.730. The van der Waals surface area contributed by atoms with Gasteiger partial charge in [0.2, 0.25) is 5.95 Å². The Morgan fingerprint density at radius 2 is 1.75 bits per heavy atom. The Morgan fingerprint density at radius 1 is 1.04 bits per heavy atom. The standard InChI is InChI=1S/C21H24N4O3/c1-24(2)20-13-7-5-6-8-15(13)22-21(23-20)25-11-14-17(27-3)9-10-18(28-4)19(14)16(26)12-25/h5-10,16,26H,11-12H2,1-4H3. The zero-order valence-electron chi connectivity index (χ0n) is 16.5. The van der Waals surface area contributed by atoms with E-state index in [-0.39, 0.29) is 0 Å². The minimum absolute atomic E-state index is 0.377. The molecular formula is C21H24N4O3. The minimum Gasteiger partial charge on any atom is -0.496 e. The average Bonchev–Trinajstić information content (AvgIpc) is 2.71. The van der Waals surface area contributed by atoms with E-state index >= 15 is 0 Å². The van der Waals surface area contributed by atoms with Crippen molar-refractivity contribution >= 4 is 22.7 Å². The third-order valence-corrected chi connectivity index (χ3v) is 5.07. The van der Waals surface area contributed by atoms with Crippen molar-refractivity contribution in [2.75, 3.05) is 44.7 Å². The Kier molecular flexibility index (Phi) is 4.68. The smallest absolute Gasteiger partial charge is 0.228 e. The van der Waals surface area contributed by atoms with Crippen LogP contribution in [0, 0.1) is 0 Å². The van der Waals surface area contributed by atoms with E-state index in [0.717, 1.165) is 27.8 Å². The molecule has 1 atom stereocenters. The van der Waals surface area contributed by atoms with Gasteiger partial charge in [-0.25, -0.2) is 4.98 Å². The molecule has 4 rings (SSSR count). The van der Waals surface area contributed by atoms with E-state index in [0.29, 0.717) is 30.5 Å². The zero-order valence-corrected chi connectivity index (χ0v) is 16.5. The number of aliphatic hydroxyl groups excluding tert-OH is 1. The second-order valence-electron chi connectivity index (χ2n) is 7.02. The zero-order chi connectivity index (χ0) is 19.8. The summed E-state index contributed by atoms with van der Waals surface area (Å²) in [5, 5.41) is 11.9. The normalized spacial score (nSPS) is 16.0. The maximum atomic E-state index is 10.9. The highest BCUT2D eigenvalue weighted by molar-refractivity contribution is 5.90. The molecule has 1 N–H and O–H groups in total. The molecule has 28 heavy (non-hydrogen) atoms. The number of hydrogen-bond donors (Lipinski definition) is 1. The van der Waals surface area contributed by atoms with Gasteiger partial charge >= 0.3 is 0 Å². The molecule has 2 heterocycles. The van der Waals surface area contributed by atoms with Gasteiger partial charge in [-0.3, -0.25) is 0 Å². The molecule has 0 saturated carbocycles. The van der Waals surface area contributed by atoms with E-state index in [2.05, 4.69) is 0 Å². The van der Waals surface area contributed by atoms with Gasteiger partial charge in [-0.15, -0.1) is 0 Å². The number of rotatable bonds is 4. The van der Waals surface area contributed by atoms with Crippen molar-refractivity contribution in [3.8, 4) is 11.5 Å². The fourth-order valence-corrected chi connectivity index (χ4v) is 3.76. The van der Waals surface area contributed by atoms with Gasteiger partial charge in [0.1, 0.15) is 23.4 Å². The lowest BCUT2D eigenvalue weighted by atomic mass is 9.95. The van der Waals surface area contributed by atoms with Crippen LogP contribution in [0.15, 0.2) is 36.4 Å².